The van der Waals surface area contributed by atoms with Crippen molar-refractivity contribution in [2.75, 3.05) is 18.0 Å². The molecular formula is C21H28N4O2. The number of hydrogen-bond donors (Lipinski definition) is 1. The summed E-state index contributed by atoms with van der Waals surface area (Å²) >= 11 is 0. The van der Waals surface area contributed by atoms with E-state index in [2.05, 4.69) is 42.8 Å². The Kier molecular flexibility index (Phi) is 4.07. The van der Waals surface area contributed by atoms with Crippen molar-refractivity contribution in [2.24, 2.45) is 11.7 Å². The van der Waals surface area contributed by atoms with Crippen LogP contribution in [0.25, 0.3) is 22.0 Å². The van der Waals surface area contributed by atoms with Gasteiger partial charge in [-0.1, -0.05) is 0 Å². The summed E-state index contributed by atoms with van der Waals surface area (Å²) in [5.74, 6) is 0.455. The number of aromatic nitrogens is 2. The molecule has 2 aromatic heterocycles. The van der Waals surface area contributed by atoms with Gasteiger partial charge in [0.2, 0.25) is 0 Å². The molecule has 1 aliphatic rings. The number of oxazole rings is 1. The maximum Gasteiger partial charge on any atom is 0.281 e. The van der Waals surface area contributed by atoms with Gasteiger partial charge < -0.3 is 19.6 Å². The van der Waals surface area contributed by atoms with Crippen LogP contribution in [-0.4, -0.2) is 28.2 Å². The van der Waals surface area contributed by atoms with Crippen LogP contribution >= 0.6 is 0 Å². The van der Waals surface area contributed by atoms with Crippen LogP contribution in [0.2, 0.25) is 0 Å². The van der Waals surface area contributed by atoms with Gasteiger partial charge in [-0.3, -0.25) is 4.79 Å². The largest absolute Gasteiger partial charge is 0.443 e. The van der Waals surface area contributed by atoms with E-state index in [0.717, 1.165) is 36.0 Å². The maximum atomic E-state index is 13.0. The molecule has 1 aliphatic heterocycles. The first kappa shape index (κ1) is 18.0. The minimum absolute atomic E-state index is 0.0318. The number of nitrogens with zero attached hydrogens (tertiary/aromatic N) is 3. The van der Waals surface area contributed by atoms with Gasteiger partial charge in [0.1, 0.15) is 0 Å². The Morgan fingerprint density at radius 3 is 2.70 bits per heavy atom. The highest BCUT2D eigenvalue weighted by Crippen LogP contribution is 2.36. The second kappa shape index (κ2) is 6.09. The minimum Gasteiger partial charge on any atom is -0.443 e. The third-order valence-corrected chi connectivity index (χ3v) is 5.97. The number of anilines is 1. The quantitative estimate of drug-likeness (QED) is 0.764. The summed E-state index contributed by atoms with van der Waals surface area (Å²) in [5.41, 5.74) is 10.2. The summed E-state index contributed by atoms with van der Waals surface area (Å²) in [6.07, 6.45) is 2.44. The van der Waals surface area contributed by atoms with E-state index < -0.39 is 0 Å². The zero-order valence-electron chi connectivity index (χ0n) is 16.7. The second-order valence-corrected chi connectivity index (χ2v) is 8.66. The highest BCUT2D eigenvalue weighted by Gasteiger charge is 2.33. The monoisotopic (exact) mass is 368 g/mol. The fourth-order valence-corrected chi connectivity index (χ4v) is 4.41. The summed E-state index contributed by atoms with van der Waals surface area (Å²) in [6, 6.07) is 4.23. The van der Waals surface area contributed by atoms with Gasteiger partial charge >= 0.3 is 0 Å². The third kappa shape index (κ3) is 2.74. The fourth-order valence-electron chi connectivity index (χ4n) is 4.41. The van der Waals surface area contributed by atoms with Crippen molar-refractivity contribution in [3.63, 3.8) is 0 Å². The molecule has 6 heteroatoms. The maximum absolute atomic E-state index is 13.0. The number of pyridine rings is 1. The predicted octanol–water partition coefficient (Wildman–Crippen LogP) is 3.60. The van der Waals surface area contributed by atoms with E-state index >= 15 is 0 Å². The molecule has 0 amide bonds. The number of benzene rings is 1. The predicted molar refractivity (Wildman–Crippen MR) is 109 cm³/mol. The molecule has 1 fully saturated rings. The lowest BCUT2D eigenvalue weighted by Gasteiger charge is -2.28. The van der Waals surface area contributed by atoms with Crippen molar-refractivity contribution in [3.05, 3.63) is 34.4 Å². The SMILES string of the molecule is Cc1c(N2CCC(C(C)(C)N)C2)ccc2c3ocnc3c(=O)n(C(C)C)c12. The number of rotatable bonds is 3. The summed E-state index contributed by atoms with van der Waals surface area (Å²) in [5, 5.41) is 0.937. The molecule has 4 rings (SSSR count). The zero-order chi connectivity index (χ0) is 19.5. The second-order valence-electron chi connectivity index (χ2n) is 8.66. The molecule has 2 N–H and O–H groups in total. The molecule has 0 spiro atoms. The molecule has 144 valence electrons. The van der Waals surface area contributed by atoms with E-state index in [-0.39, 0.29) is 17.1 Å². The summed E-state index contributed by atoms with van der Waals surface area (Å²) in [4.78, 5) is 19.6. The van der Waals surface area contributed by atoms with Gasteiger partial charge in [-0.2, -0.15) is 0 Å². The van der Waals surface area contributed by atoms with Gasteiger partial charge in [0.15, 0.2) is 17.5 Å². The highest BCUT2D eigenvalue weighted by molar-refractivity contribution is 6.03. The molecule has 0 aliphatic carbocycles. The van der Waals surface area contributed by atoms with E-state index in [1.54, 1.807) is 0 Å². The van der Waals surface area contributed by atoms with E-state index in [1.807, 2.05) is 18.4 Å². The topological polar surface area (TPSA) is 77.3 Å². The number of hydrogen-bond acceptors (Lipinski definition) is 5. The van der Waals surface area contributed by atoms with Gasteiger partial charge in [0, 0.05) is 35.7 Å². The molecule has 1 unspecified atom stereocenters. The first-order chi connectivity index (χ1) is 12.7. The van der Waals surface area contributed by atoms with E-state index in [4.69, 9.17) is 10.2 Å². The van der Waals surface area contributed by atoms with Crippen molar-refractivity contribution in [1.29, 1.82) is 0 Å². The Balaban J connectivity index is 1.93. The van der Waals surface area contributed by atoms with Crippen molar-refractivity contribution < 1.29 is 4.42 Å². The minimum atomic E-state index is -0.189. The third-order valence-electron chi connectivity index (χ3n) is 5.97. The Bertz CT molecular complexity index is 1070. The number of aryl methyl sites for hydroxylation is 1. The van der Waals surface area contributed by atoms with Crippen molar-refractivity contribution in [2.45, 2.75) is 52.6 Å². The van der Waals surface area contributed by atoms with Crippen molar-refractivity contribution in [3.8, 4) is 0 Å². The Morgan fingerprint density at radius 2 is 2.07 bits per heavy atom. The molecule has 0 radical (unpaired) electrons. The fraction of sp³-hybridized carbons (Fsp3) is 0.524. The standard InChI is InChI=1S/C21H28N4O2/c1-12(2)25-18-13(3)16(24-9-8-14(10-24)21(4,5)22)7-6-15(18)19-17(20(25)26)23-11-27-19/h6-7,11-12,14H,8-10,22H2,1-5H3. The summed E-state index contributed by atoms with van der Waals surface area (Å²) < 4.78 is 7.42. The zero-order valence-corrected chi connectivity index (χ0v) is 16.7. The lowest BCUT2D eigenvalue weighted by molar-refractivity contribution is 0.348. The van der Waals surface area contributed by atoms with E-state index in [1.165, 1.54) is 12.1 Å². The van der Waals surface area contributed by atoms with Gasteiger partial charge in [-0.15, -0.1) is 0 Å². The average molecular weight is 368 g/mol. The van der Waals surface area contributed by atoms with Crippen LogP contribution in [0, 0.1) is 12.8 Å². The van der Waals surface area contributed by atoms with Crippen LogP contribution in [0.3, 0.4) is 0 Å². The van der Waals surface area contributed by atoms with Gasteiger partial charge in [0.05, 0.1) is 5.52 Å². The van der Waals surface area contributed by atoms with Gasteiger partial charge in [-0.05, 0) is 64.7 Å². The molecule has 1 saturated heterocycles. The Morgan fingerprint density at radius 1 is 1.33 bits per heavy atom. The first-order valence-corrected chi connectivity index (χ1v) is 9.65. The first-order valence-electron chi connectivity index (χ1n) is 9.65. The lowest BCUT2D eigenvalue weighted by atomic mass is 9.88. The summed E-state index contributed by atoms with van der Waals surface area (Å²) in [6.45, 7) is 12.3. The number of fused-ring (bicyclic) bond motifs is 3. The van der Waals surface area contributed by atoms with Crippen LogP contribution in [0.5, 0.6) is 0 Å². The summed E-state index contributed by atoms with van der Waals surface area (Å²) in [7, 11) is 0. The van der Waals surface area contributed by atoms with Crippen LogP contribution < -0.4 is 16.2 Å². The van der Waals surface area contributed by atoms with Crippen LogP contribution in [-0.2, 0) is 0 Å². The lowest BCUT2D eigenvalue weighted by Crippen LogP contribution is -2.42. The number of nitrogens with two attached hydrogens (primary N) is 1. The molecule has 0 bridgehead atoms. The normalized spacial score (nSPS) is 18.3. The van der Waals surface area contributed by atoms with Crippen molar-refractivity contribution in [1.82, 2.24) is 9.55 Å². The van der Waals surface area contributed by atoms with Gasteiger partial charge in [0.25, 0.3) is 5.56 Å². The van der Waals surface area contributed by atoms with Crippen LogP contribution in [0.1, 0.15) is 45.7 Å². The highest BCUT2D eigenvalue weighted by atomic mass is 16.3. The molecule has 1 atom stereocenters. The molecule has 1 aromatic carbocycles. The Labute approximate surface area is 159 Å². The Hall–Kier alpha value is -2.34. The van der Waals surface area contributed by atoms with Crippen LogP contribution in [0.4, 0.5) is 5.69 Å². The molecule has 0 saturated carbocycles. The smallest absolute Gasteiger partial charge is 0.281 e. The molecule has 3 heterocycles. The molecule has 6 nitrogen and oxygen atoms in total. The van der Waals surface area contributed by atoms with Crippen LogP contribution in [0.15, 0.2) is 27.7 Å². The molecule has 3 aromatic rings. The van der Waals surface area contributed by atoms with Crippen molar-refractivity contribution >= 4 is 27.7 Å². The average Bonchev–Trinajstić information content (AvgIpc) is 3.24. The van der Waals surface area contributed by atoms with E-state index in [0.29, 0.717) is 17.0 Å². The van der Waals surface area contributed by atoms with Gasteiger partial charge in [-0.25, -0.2) is 4.98 Å². The van der Waals surface area contributed by atoms with E-state index in [9.17, 15) is 4.79 Å². The molecule has 27 heavy (non-hydrogen) atoms. The molecular weight excluding hydrogens is 340 g/mol.